The van der Waals surface area contributed by atoms with E-state index in [1.807, 2.05) is 29.0 Å². The molecular weight excluding hydrogens is 324 g/mol. The summed E-state index contributed by atoms with van der Waals surface area (Å²) in [7, 11) is 0. The molecule has 0 atom stereocenters. The molecular formula is C16H18N6OS. The highest BCUT2D eigenvalue weighted by Crippen LogP contribution is 2.16. The van der Waals surface area contributed by atoms with Gasteiger partial charge in [-0.1, -0.05) is 42.1 Å². The number of nitrogens with one attached hydrogen (secondary N) is 1. The van der Waals surface area contributed by atoms with Crippen LogP contribution in [0, 0.1) is 0 Å². The number of carbonyl (C=O) groups excluding carboxylic acids is 1. The second-order valence-corrected chi connectivity index (χ2v) is 5.93. The highest BCUT2D eigenvalue weighted by molar-refractivity contribution is 7.98. The van der Waals surface area contributed by atoms with E-state index in [4.69, 9.17) is 0 Å². The molecule has 2 aromatic heterocycles. The van der Waals surface area contributed by atoms with Crippen molar-refractivity contribution in [2.75, 3.05) is 6.26 Å². The fourth-order valence-corrected chi connectivity index (χ4v) is 2.81. The van der Waals surface area contributed by atoms with Crippen molar-refractivity contribution < 1.29 is 4.79 Å². The number of benzene rings is 1. The second-order valence-electron chi connectivity index (χ2n) is 5.16. The Kier molecular flexibility index (Phi) is 5.27. The lowest BCUT2D eigenvalue weighted by atomic mass is 10.2. The van der Waals surface area contributed by atoms with Crippen LogP contribution in [-0.4, -0.2) is 36.7 Å². The third kappa shape index (κ3) is 4.02. The number of aromatic nitrogens is 5. The summed E-state index contributed by atoms with van der Waals surface area (Å²) in [5.74, 6) is 0.621. The summed E-state index contributed by atoms with van der Waals surface area (Å²) in [6, 6.07) is 11.9. The first-order valence-corrected chi connectivity index (χ1v) is 8.73. The van der Waals surface area contributed by atoms with Gasteiger partial charge < -0.3 is 9.88 Å². The highest BCUT2D eigenvalue weighted by Gasteiger charge is 2.13. The maximum absolute atomic E-state index is 12.0. The molecule has 0 aliphatic carbocycles. The Bertz CT molecular complexity index is 784. The summed E-state index contributed by atoms with van der Waals surface area (Å²) in [6.45, 7) is 1.20. The molecule has 1 amide bonds. The molecule has 1 aromatic carbocycles. The third-order valence-electron chi connectivity index (χ3n) is 3.47. The normalized spacial score (nSPS) is 10.7. The first kappa shape index (κ1) is 16.3. The van der Waals surface area contributed by atoms with Gasteiger partial charge in [0.1, 0.15) is 6.54 Å². The number of amides is 1. The summed E-state index contributed by atoms with van der Waals surface area (Å²) in [5, 5.41) is 16.1. The minimum atomic E-state index is -0.112. The van der Waals surface area contributed by atoms with Gasteiger partial charge in [0, 0.05) is 12.4 Å². The van der Waals surface area contributed by atoms with Crippen molar-refractivity contribution in [1.29, 1.82) is 0 Å². The molecule has 0 saturated heterocycles. The molecule has 8 heteroatoms. The summed E-state index contributed by atoms with van der Waals surface area (Å²) < 4.78 is 3.60. The summed E-state index contributed by atoms with van der Waals surface area (Å²) in [4.78, 5) is 12.0. The number of hydrogen-bond acceptors (Lipinski definition) is 5. The lowest BCUT2D eigenvalue weighted by molar-refractivity contribution is -0.122. The number of hydrogen-bond donors (Lipinski definition) is 1. The molecule has 1 N–H and O–H groups in total. The Morgan fingerprint density at radius 1 is 1.21 bits per heavy atom. The van der Waals surface area contributed by atoms with E-state index in [2.05, 4.69) is 32.7 Å². The monoisotopic (exact) mass is 342 g/mol. The predicted molar refractivity (Wildman–Crippen MR) is 91.4 cm³/mol. The van der Waals surface area contributed by atoms with E-state index in [9.17, 15) is 4.79 Å². The minimum absolute atomic E-state index is 0.112. The zero-order valence-corrected chi connectivity index (χ0v) is 14.1. The first-order chi connectivity index (χ1) is 11.8. The molecule has 2 heterocycles. The van der Waals surface area contributed by atoms with Gasteiger partial charge in [-0.3, -0.25) is 9.48 Å². The molecule has 0 fully saturated rings. The number of nitrogens with zero attached hydrogens (tertiary/aromatic N) is 5. The van der Waals surface area contributed by atoms with Gasteiger partial charge in [-0.2, -0.15) is 5.10 Å². The van der Waals surface area contributed by atoms with Crippen molar-refractivity contribution in [1.82, 2.24) is 29.9 Å². The molecule has 24 heavy (non-hydrogen) atoms. The van der Waals surface area contributed by atoms with Crippen LogP contribution in [0.15, 0.2) is 53.9 Å². The van der Waals surface area contributed by atoms with Crippen molar-refractivity contribution in [3.8, 4) is 0 Å². The van der Waals surface area contributed by atoms with Crippen LogP contribution in [0.5, 0.6) is 0 Å². The van der Waals surface area contributed by atoms with Crippen LogP contribution in [0.1, 0.15) is 11.4 Å². The Labute approximate surface area is 144 Å². The SMILES string of the molecule is CSc1nnc(CNC(=O)Cn2cccn2)n1Cc1ccccc1. The maximum atomic E-state index is 12.0. The van der Waals surface area contributed by atoms with Crippen LogP contribution in [0.3, 0.4) is 0 Å². The average molecular weight is 342 g/mol. The van der Waals surface area contributed by atoms with Crippen LogP contribution >= 0.6 is 11.8 Å². The van der Waals surface area contributed by atoms with E-state index < -0.39 is 0 Å². The molecule has 0 radical (unpaired) electrons. The van der Waals surface area contributed by atoms with Crippen molar-refractivity contribution in [3.63, 3.8) is 0 Å². The predicted octanol–water partition coefficient (Wildman–Crippen LogP) is 1.56. The first-order valence-electron chi connectivity index (χ1n) is 7.50. The topological polar surface area (TPSA) is 77.6 Å². The van der Waals surface area contributed by atoms with Gasteiger partial charge in [0.25, 0.3) is 0 Å². The summed E-state index contributed by atoms with van der Waals surface area (Å²) in [5.41, 5.74) is 1.16. The number of thioether (sulfide) groups is 1. The molecule has 7 nitrogen and oxygen atoms in total. The molecule has 0 bridgehead atoms. The molecule has 124 valence electrons. The van der Waals surface area contributed by atoms with E-state index in [1.54, 1.807) is 23.1 Å². The molecule has 0 unspecified atom stereocenters. The maximum Gasteiger partial charge on any atom is 0.242 e. The molecule has 0 saturated carbocycles. The lowest BCUT2D eigenvalue weighted by Crippen LogP contribution is -2.28. The van der Waals surface area contributed by atoms with E-state index in [1.165, 1.54) is 11.8 Å². The van der Waals surface area contributed by atoms with E-state index in [0.717, 1.165) is 16.5 Å². The molecule has 3 rings (SSSR count). The summed E-state index contributed by atoms with van der Waals surface area (Å²) in [6.07, 6.45) is 5.36. The number of rotatable bonds is 7. The van der Waals surface area contributed by atoms with Gasteiger partial charge in [0.2, 0.25) is 5.91 Å². The van der Waals surface area contributed by atoms with Crippen LogP contribution < -0.4 is 5.32 Å². The van der Waals surface area contributed by atoms with Crippen molar-refractivity contribution in [2.45, 2.75) is 24.8 Å². The van der Waals surface area contributed by atoms with Crippen LogP contribution in [0.2, 0.25) is 0 Å². The average Bonchev–Trinajstić information content (AvgIpc) is 3.24. The van der Waals surface area contributed by atoms with E-state index >= 15 is 0 Å². The van der Waals surface area contributed by atoms with Gasteiger partial charge in [-0.15, -0.1) is 10.2 Å². The van der Waals surface area contributed by atoms with Gasteiger partial charge in [0.05, 0.1) is 13.1 Å². The Hall–Kier alpha value is -2.61. The quantitative estimate of drug-likeness (QED) is 0.659. The van der Waals surface area contributed by atoms with Gasteiger partial charge in [-0.25, -0.2) is 0 Å². The third-order valence-corrected chi connectivity index (χ3v) is 4.14. The summed E-state index contributed by atoms with van der Waals surface area (Å²) >= 11 is 1.54. The minimum Gasteiger partial charge on any atom is -0.347 e. The molecule has 0 aliphatic heterocycles. The van der Waals surface area contributed by atoms with Crippen LogP contribution in [0.4, 0.5) is 0 Å². The molecule has 0 spiro atoms. The molecule has 3 aromatic rings. The van der Waals surface area contributed by atoms with Crippen molar-refractivity contribution >= 4 is 17.7 Å². The highest BCUT2D eigenvalue weighted by atomic mass is 32.2. The number of carbonyl (C=O) groups is 1. The standard InChI is InChI=1S/C16H18N6OS/c1-24-16-20-19-14(22(16)11-13-6-3-2-4-7-13)10-17-15(23)12-21-9-5-8-18-21/h2-9H,10-12H2,1H3,(H,17,23). The van der Waals surface area contributed by atoms with Gasteiger partial charge in [-0.05, 0) is 17.9 Å². The zero-order valence-electron chi connectivity index (χ0n) is 13.3. The van der Waals surface area contributed by atoms with Gasteiger partial charge in [0.15, 0.2) is 11.0 Å². The smallest absolute Gasteiger partial charge is 0.242 e. The largest absolute Gasteiger partial charge is 0.347 e. The van der Waals surface area contributed by atoms with Crippen LogP contribution in [-0.2, 0) is 24.4 Å². The van der Waals surface area contributed by atoms with Gasteiger partial charge >= 0.3 is 0 Å². The van der Waals surface area contributed by atoms with Crippen LogP contribution in [0.25, 0.3) is 0 Å². The fourth-order valence-electron chi connectivity index (χ4n) is 2.30. The zero-order chi connectivity index (χ0) is 16.8. The Morgan fingerprint density at radius 2 is 2.04 bits per heavy atom. The van der Waals surface area contributed by atoms with Crippen molar-refractivity contribution in [3.05, 3.63) is 60.2 Å². The fraction of sp³-hybridized carbons (Fsp3) is 0.250. The van der Waals surface area contributed by atoms with E-state index in [0.29, 0.717) is 13.1 Å². The Balaban J connectivity index is 1.67. The van der Waals surface area contributed by atoms with Crippen molar-refractivity contribution in [2.24, 2.45) is 0 Å². The second kappa shape index (κ2) is 7.78. The Morgan fingerprint density at radius 3 is 2.75 bits per heavy atom. The van der Waals surface area contributed by atoms with E-state index in [-0.39, 0.29) is 12.5 Å². The molecule has 0 aliphatic rings. The lowest BCUT2D eigenvalue weighted by Gasteiger charge is -2.10.